The second-order valence-corrected chi connectivity index (χ2v) is 14.4. The minimum Gasteiger partial charge on any atom is -0.430 e. The van der Waals surface area contributed by atoms with Crippen molar-refractivity contribution in [3.8, 4) is 5.75 Å². The zero-order valence-electron chi connectivity index (χ0n) is 24.9. The normalized spacial score (nSPS) is 37.0. The second-order valence-electron chi connectivity index (χ2n) is 14.4. The Bertz CT molecular complexity index is 1010. The highest BCUT2D eigenvalue weighted by atomic mass is 16.7. The molecule has 3 heteroatoms. The highest BCUT2D eigenvalue weighted by molar-refractivity contribution is 5.64. The van der Waals surface area contributed by atoms with Gasteiger partial charge in [0.1, 0.15) is 11.9 Å². The lowest BCUT2D eigenvalue weighted by Crippen LogP contribution is -2.51. The Balaban J connectivity index is 1.21. The molecule has 4 aliphatic carbocycles. The van der Waals surface area contributed by atoms with E-state index in [0.717, 1.165) is 60.3 Å². The van der Waals surface area contributed by atoms with Crippen molar-refractivity contribution in [1.82, 2.24) is 0 Å². The largest absolute Gasteiger partial charge is 0.514 e. The van der Waals surface area contributed by atoms with E-state index in [0.29, 0.717) is 11.2 Å². The van der Waals surface area contributed by atoms with Gasteiger partial charge in [-0.15, -0.1) is 0 Å². The number of aryl methyl sites for hydroxylation is 1. The summed E-state index contributed by atoms with van der Waals surface area (Å²) in [6.07, 6.45) is 16.0. The molecule has 1 aromatic carbocycles. The van der Waals surface area contributed by atoms with Crippen molar-refractivity contribution in [3.63, 3.8) is 0 Å². The molecule has 3 nitrogen and oxygen atoms in total. The van der Waals surface area contributed by atoms with Crippen LogP contribution in [0.2, 0.25) is 0 Å². The minimum atomic E-state index is -0.565. The topological polar surface area (TPSA) is 35.5 Å². The summed E-state index contributed by atoms with van der Waals surface area (Å²) in [7, 11) is 0. The summed E-state index contributed by atoms with van der Waals surface area (Å²) >= 11 is 0. The summed E-state index contributed by atoms with van der Waals surface area (Å²) in [5, 5.41) is 0. The van der Waals surface area contributed by atoms with Gasteiger partial charge in [-0.3, -0.25) is 0 Å². The van der Waals surface area contributed by atoms with Gasteiger partial charge in [0.2, 0.25) is 0 Å². The average molecular weight is 521 g/mol. The lowest BCUT2D eigenvalue weighted by Gasteiger charge is -2.58. The highest BCUT2D eigenvalue weighted by Crippen LogP contribution is 2.67. The van der Waals surface area contributed by atoms with Crippen molar-refractivity contribution < 1.29 is 14.3 Å². The molecule has 3 saturated carbocycles. The van der Waals surface area contributed by atoms with Gasteiger partial charge in [-0.1, -0.05) is 83.2 Å². The molecule has 210 valence electrons. The summed E-state index contributed by atoms with van der Waals surface area (Å²) in [5.41, 5.74) is 3.50. The summed E-state index contributed by atoms with van der Waals surface area (Å²) in [6, 6.07) is 7.56. The molecule has 1 aromatic rings. The van der Waals surface area contributed by atoms with Crippen LogP contribution in [0.15, 0.2) is 35.9 Å². The zero-order chi connectivity index (χ0) is 27.1. The molecule has 3 fully saturated rings. The molecule has 5 rings (SSSR count). The van der Waals surface area contributed by atoms with Crippen LogP contribution in [0.5, 0.6) is 5.75 Å². The van der Waals surface area contributed by atoms with E-state index in [1.165, 1.54) is 51.4 Å². The minimum absolute atomic E-state index is 0.0692. The first-order valence-corrected chi connectivity index (χ1v) is 15.7. The fourth-order valence-corrected chi connectivity index (χ4v) is 9.62. The number of carbonyl (C=O) groups excluding carboxylic acids is 1. The van der Waals surface area contributed by atoms with Crippen LogP contribution in [-0.2, 0) is 4.74 Å². The van der Waals surface area contributed by atoms with Crippen molar-refractivity contribution in [3.05, 3.63) is 41.5 Å². The molecular formula is C35H52O3. The van der Waals surface area contributed by atoms with E-state index < -0.39 is 6.16 Å². The molecule has 8 atom stereocenters. The molecule has 0 aromatic heterocycles. The summed E-state index contributed by atoms with van der Waals surface area (Å²) in [4.78, 5) is 12.5. The number of fused-ring (bicyclic) bond motifs is 5. The van der Waals surface area contributed by atoms with Crippen molar-refractivity contribution >= 4 is 6.16 Å². The van der Waals surface area contributed by atoms with Crippen LogP contribution in [0.3, 0.4) is 0 Å². The van der Waals surface area contributed by atoms with Crippen LogP contribution < -0.4 is 4.74 Å². The molecule has 0 aliphatic heterocycles. The number of ether oxygens (including phenoxy) is 2. The van der Waals surface area contributed by atoms with E-state index in [2.05, 4.69) is 40.7 Å². The fraction of sp³-hybridized carbons (Fsp3) is 0.743. The summed E-state index contributed by atoms with van der Waals surface area (Å²) < 4.78 is 11.3. The average Bonchev–Trinajstić information content (AvgIpc) is 3.23. The molecule has 4 aliphatic rings. The molecule has 0 unspecified atom stereocenters. The van der Waals surface area contributed by atoms with Gasteiger partial charge in [0.05, 0.1) is 0 Å². The maximum absolute atomic E-state index is 12.5. The Morgan fingerprint density at radius 3 is 2.47 bits per heavy atom. The molecule has 0 radical (unpaired) electrons. The number of hydrogen-bond donors (Lipinski definition) is 0. The van der Waals surface area contributed by atoms with Crippen LogP contribution in [0.4, 0.5) is 4.79 Å². The first kappa shape index (κ1) is 27.8. The standard InChI is InChI=1S/C35H52O3/c1-23(2)8-7-9-25(4)30-16-17-31-29-15-12-26-22-28(38-33(36)37-27-13-10-24(3)11-14-27)18-20-34(26,5)32(29)19-21-35(30,31)6/h10-14,23,25,28-32H,7-9,15-22H2,1-6H3/t25-,28-,29-,30+,31+,32+,34-,35-/m0/s1. The van der Waals surface area contributed by atoms with Gasteiger partial charge in [0, 0.05) is 6.42 Å². The first-order chi connectivity index (χ1) is 18.1. The molecule has 0 spiro atoms. The van der Waals surface area contributed by atoms with Crippen LogP contribution in [-0.4, -0.2) is 12.3 Å². The summed E-state index contributed by atoms with van der Waals surface area (Å²) in [5.74, 6) is 5.64. The Morgan fingerprint density at radius 2 is 1.74 bits per heavy atom. The zero-order valence-corrected chi connectivity index (χ0v) is 24.9. The Labute approximate surface area is 232 Å². The van der Waals surface area contributed by atoms with Crippen molar-refractivity contribution in [1.29, 1.82) is 0 Å². The Hall–Kier alpha value is -1.77. The van der Waals surface area contributed by atoms with E-state index in [1.807, 2.05) is 31.2 Å². The van der Waals surface area contributed by atoms with Gasteiger partial charge in [0.15, 0.2) is 0 Å². The summed E-state index contributed by atoms with van der Waals surface area (Å²) in [6.45, 7) is 14.5. The van der Waals surface area contributed by atoms with Gasteiger partial charge in [-0.2, -0.15) is 0 Å². The number of carbonyl (C=O) groups is 1. The molecular weight excluding hydrogens is 468 g/mol. The molecule has 0 N–H and O–H groups in total. The van der Waals surface area contributed by atoms with Crippen molar-refractivity contribution in [2.45, 2.75) is 118 Å². The highest BCUT2D eigenvalue weighted by Gasteiger charge is 2.59. The maximum Gasteiger partial charge on any atom is 0.514 e. The van der Waals surface area contributed by atoms with Crippen LogP contribution >= 0.6 is 0 Å². The number of hydrogen-bond acceptors (Lipinski definition) is 3. The quantitative estimate of drug-likeness (QED) is 0.204. The third-order valence-corrected chi connectivity index (χ3v) is 11.7. The SMILES string of the molecule is Cc1ccc(OC(=O)O[C@H]2CC[C@@]3(C)C(=CC[C@H]4[C@H]5CC[C@H]([C@@H](C)CCCC(C)C)[C@]5(C)CC[C@H]43)C2)cc1. The monoisotopic (exact) mass is 520 g/mol. The predicted molar refractivity (Wildman–Crippen MR) is 155 cm³/mol. The number of benzene rings is 1. The molecule has 0 bridgehead atoms. The smallest absolute Gasteiger partial charge is 0.430 e. The lowest BCUT2D eigenvalue weighted by molar-refractivity contribution is -0.0597. The third-order valence-electron chi connectivity index (χ3n) is 11.7. The maximum atomic E-state index is 12.5. The van der Waals surface area contributed by atoms with Crippen LogP contribution in [0.1, 0.15) is 111 Å². The van der Waals surface area contributed by atoms with Crippen molar-refractivity contribution in [2.75, 3.05) is 0 Å². The molecule has 0 saturated heterocycles. The van der Waals surface area contributed by atoms with Gasteiger partial charge < -0.3 is 9.47 Å². The third kappa shape index (κ3) is 5.33. The van der Waals surface area contributed by atoms with Gasteiger partial charge >= 0.3 is 6.16 Å². The second kappa shape index (κ2) is 11.0. The predicted octanol–water partition coefficient (Wildman–Crippen LogP) is 9.92. The number of rotatable bonds is 7. The van der Waals surface area contributed by atoms with E-state index in [9.17, 15) is 4.79 Å². The first-order valence-electron chi connectivity index (χ1n) is 15.7. The molecule has 38 heavy (non-hydrogen) atoms. The van der Waals surface area contributed by atoms with E-state index in [4.69, 9.17) is 9.47 Å². The fourth-order valence-electron chi connectivity index (χ4n) is 9.62. The van der Waals surface area contributed by atoms with Crippen molar-refractivity contribution in [2.24, 2.45) is 46.3 Å². The van der Waals surface area contributed by atoms with Gasteiger partial charge in [-0.25, -0.2) is 4.79 Å². The van der Waals surface area contributed by atoms with Gasteiger partial charge in [0.25, 0.3) is 0 Å². The van der Waals surface area contributed by atoms with E-state index in [1.54, 1.807) is 5.57 Å². The number of allylic oxidation sites excluding steroid dienone is 1. The van der Waals surface area contributed by atoms with E-state index in [-0.39, 0.29) is 11.5 Å². The Kier molecular flexibility index (Phi) is 8.05. The molecule has 0 heterocycles. The van der Waals surface area contributed by atoms with Crippen LogP contribution in [0.25, 0.3) is 0 Å². The van der Waals surface area contributed by atoms with Gasteiger partial charge in [-0.05, 0) is 110 Å². The molecule has 0 amide bonds. The van der Waals surface area contributed by atoms with E-state index >= 15 is 0 Å². The van der Waals surface area contributed by atoms with Crippen LogP contribution in [0, 0.1) is 53.3 Å². The Morgan fingerprint density at radius 1 is 0.974 bits per heavy atom. The lowest BCUT2D eigenvalue weighted by atomic mass is 9.47.